The van der Waals surface area contributed by atoms with Crippen molar-refractivity contribution in [2.24, 2.45) is 5.92 Å². The van der Waals surface area contributed by atoms with Crippen LogP contribution in [0.1, 0.15) is 39.7 Å². The lowest BCUT2D eigenvalue weighted by Gasteiger charge is -2.26. The van der Waals surface area contributed by atoms with Gasteiger partial charge in [-0.2, -0.15) is 0 Å². The van der Waals surface area contributed by atoms with Crippen LogP contribution in [0.4, 0.5) is 5.69 Å². The van der Waals surface area contributed by atoms with Gasteiger partial charge >= 0.3 is 0 Å². The van der Waals surface area contributed by atoms with Gasteiger partial charge in [0.2, 0.25) is 11.8 Å². The molecule has 22 heavy (non-hydrogen) atoms. The standard InChI is InChI=1S/C18H26N2O2/c1-13(2)12-19(15(4)21)10-9-18(22)20-14(3)11-16-7-5-6-8-17(16)20/h5-8,13-14H,9-12H2,1-4H3. The Morgan fingerprint density at radius 1 is 1.32 bits per heavy atom. The van der Waals surface area contributed by atoms with Gasteiger partial charge in [-0.15, -0.1) is 0 Å². The topological polar surface area (TPSA) is 40.6 Å². The van der Waals surface area contributed by atoms with Gasteiger partial charge in [0.1, 0.15) is 0 Å². The summed E-state index contributed by atoms with van der Waals surface area (Å²) < 4.78 is 0. The lowest BCUT2D eigenvalue weighted by atomic mass is 10.1. The molecular weight excluding hydrogens is 276 g/mol. The zero-order valence-corrected chi connectivity index (χ0v) is 14.0. The van der Waals surface area contributed by atoms with Gasteiger partial charge in [0.05, 0.1) is 0 Å². The van der Waals surface area contributed by atoms with Gasteiger partial charge < -0.3 is 9.80 Å². The molecule has 1 atom stereocenters. The number of hydrogen-bond acceptors (Lipinski definition) is 2. The molecule has 1 heterocycles. The van der Waals surface area contributed by atoms with E-state index in [1.54, 1.807) is 11.8 Å². The van der Waals surface area contributed by atoms with Crippen LogP contribution in [0.25, 0.3) is 0 Å². The van der Waals surface area contributed by atoms with E-state index in [1.807, 2.05) is 23.1 Å². The summed E-state index contributed by atoms with van der Waals surface area (Å²) in [6.07, 6.45) is 1.29. The minimum atomic E-state index is 0.0383. The Morgan fingerprint density at radius 2 is 2.00 bits per heavy atom. The Hall–Kier alpha value is -1.84. The van der Waals surface area contributed by atoms with Crippen LogP contribution in [-0.2, 0) is 16.0 Å². The number of fused-ring (bicyclic) bond motifs is 1. The average molecular weight is 302 g/mol. The van der Waals surface area contributed by atoms with Gasteiger partial charge in [0.25, 0.3) is 0 Å². The van der Waals surface area contributed by atoms with E-state index >= 15 is 0 Å². The number of benzene rings is 1. The maximum absolute atomic E-state index is 12.6. The lowest BCUT2D eigenvalue weighted by Crippen LogP contribution is -2.40. The van der Waals surface area contributed by atoms with Crippen LogP contribution in [0.5, 0.6) is 0 Å². The first-order chi connectivity index (χ1) is 10.4. The first-order valence-electron chi connectivity index (χ1n) is 8.05. The quantitative estimate of drug-likeness (QED) is 0.839. The van der Waals surface area contributed by atoms with Crippen molar-refractivity contribution in [3.63, 3.8) is 0 Å². The summed E-state index contributed by atoms with van der Waals surface area (Å²) in [6, 6.07) is 8.27. The molecule has 0 aliphatic carbocycles. The monoisotopic (exact) mass is 302 g/mol. The SMILES string of the molecule is CC(=O)N(CCC(=O)N1c2ccccc2CC1C)CC(C)C. The van der Waals surface area contributed by atoms with Gasteiger partial charge in [0.15, 0.2) is 0 Å². The highest BCUT2D eigenvalue weighted by molar-refractivity contribution is 5.96. The third-order valence-electron chi connectivity index (χ3n) is 4.10. The van der Waals surface area contributed by atoms with Gasteiger partial charge in [-0.1, -0.05) is 32.0 Å². The summed E-state index contributed by atoms with van der Waals surface area (Å²) in [7, 11) is 0. The first-order valence-corrected chi connectivity index (χ1v) is 8.05. The molecule has 0 bridgehead atoms. The van der Waals surface area contributed by atoms with Crippen molar-refractivity contribution in [2.45, 2.75) is 46.6 Å². The molecular formula is C18H26N2O2. The second kappa shape index (κ2) is 6.95. The molecule has 2 amide bonds. The molecule has 1 aromatic carbocycles. The minimum absolute atomic E-state index is 0.0383. The number of amides is 2. The van der Waals surface area contributed by atoms with E-state index in [0.717, 1.165) is 12.1 Å². The highest BCUT2D eigenvalue weighted by atomic mass is 16.2. The second-order valence-corrected chi connectivity index (χ2v) is 6.55. The zero-order valence-electron chi connectivity index (χ0n) is 14.0. The Balaban J connectivity index is 2.02. The third kappa shape index (κ3) is 3.67. The van der Waals surface area contributed by atoms with E-state index < -0.39 is 0 Å². The molecule has 1 aromatic rings. The average Bonchev–Trinajstić information content (AvgIpc) is 2.78. The third-order valence-corrected chi connectivity index (χ3v) is 4.10. The molecule has 0 fully saturated rings. The van der Waals surface area contributed by atoms with Gasteiger partial charge in [-0.3, -0.25) is 9.59 Å². The molecule has 1 aliphatic heterocycles. The molecule has 120 valence electrons. The number of rotatable bonds is 5. The van der Waals surface area contributed by atoms with Crippen LogP contribution >= 0.6 is 0 Å². The number of carbonyl (C=O) groups is 2. The maximum atomic E-state index is 12.6. The summed E-state index contributed by atoms with van der Waals surface area (Å²) in [6.45, 7) is 9.01. The number of nitrogens with zero attached hydrogens (tertiary/aromatic N) is 2. The van der Waals surface area contributed by atoms with Crippen molar-refractivity contribution < 1.29 is 9.59 Å². The van der Waals surface area contributed by atoms with E-state index in [4.69, 9.17) is 0 Å². The van der Waals surface area contributed by atoms with Crippen molar-refractivity contribution >= 4 is 17.5 Å². The van der Waals surface area contributed by atoms with E-state index in [2.05, 4.69) is 26.8 Å². The Morgan fingerprint density at radius 3 is 2.64 bits per heavy atom. The summed E-state index contributed by atoms with van der Waals surface area (Å²) in [4.78, 5) is 28.0. The van der Waals surface area contributed by atoms with Crippen LogP contribution in [0, 0.1) is 5.92 Å². The van der Waals surface area contributed by atoms with Crippen molar-refractivity contribution in [2.75, 3.05) is 18.0 Å². The second-order valence-electron chi connectivity index (χ2n) is 6.55. The maximum Gasteiger partial charge on any atom is 0.229 e. The fourth-order valence-electron chi connectivity index (χ4n) is 3.11. The van der Waals surface area contributed by atoms with Crippen molar-refractivity contribution in [1.82, 2.24) is 4.90 Å². The fourth-order valence-corrected chi connectivity index (χ4v) is 3.11. The molecule has 1 aliphatic rings. The highest BCUT2D eigenvalue weighted by Gasteiger charge is 2.30. The van der Waals surface area contributed by atoms with Crippen LogP contribution < -0.4 is 4.90 Å². The Kier molecular flexibility index (Phi) is 5.22. The van der Waals surface area contributed by atoms with E-state index in [9.17, 15) is 9.59 Å². The lowest BCUT2D eigenvalue weighted by molar-refractivity contribution is -0.130. The van der Waals surface area contributed by atoms with Gasteiger partial charge in [0, 0.05) is 38.2 Å². The van der Waals surface area contributed by atoms with Crippen molar-refractivity contribution in [1.29, 1.82) is 0 Å². The molecule has 4 nitrogen and oxygen atoms in total. The van der Waals surface area contributed by atoms with Gasteiger partial charge in [-0.05, 0) is 30.9 Å². The summed E-state index contributed by atoms with van der Waals surface area (Å²) in [5.41, 5.74) is 2.26. The van der Waals surface area contributed by atoms with E-state index in [-0.39, 0.29) is 17.9 Å². The van der Waals surface area contributed by atoms with E-state index in [1.165, 1.54) is 5.56 Å². The Labute approximate surface area is 133 Å². The molecule has 0 spiro atoms. The highest BCUT2D eigenvalue weighted by Crippen LogP contribution is 2.32. The molecule has 0 N–H and O–H groups in total. The fraction of sp³-hybridized carbons (Fsp3) is 0.556. The smallest absolute Gasteiger partial charge is 0.229 e. The molecule has 4 heteroatoms. The predicted molar refractivity (Wildman–Crippen MR) is 88.8 cm³/mol. The molecule has 0 radical (unpaired) electrons. The van der Waals surface area contributed by atoms with Crippen molar-refractivity contribution in [3.8, 4) is 0 Å². The van der Waals surface area contributed by atoms with E-state index in [0.29, 0.717) is 25.4 Å². The number of hydrogen-bond donors (Lipinski definition) is 0. The first kappa shape index (κ1) is 16.5. The normalized spacial score (nSPS) is 16.8. The molecule has 0 saturated carbocycles. The van der Waals surface area contributed by atoms with Crippen LogP contribution in [0.15, 0.2) is 24.3 Å². The van der Waals surface area contributed by atoms with Crippen molar-refractivity contribution in [3.05, 3.63) is 29.8 Å². The Bertz CT molecular complexity index is 554. The minimum Gasteiger partial charge on any atom is -0.342 e. The molecule has 1 unspecified atom stereocenters. The molecule has 0 aromatic heterocycles. The summed E-state index contributed by atoms with van der Waals surface area (Å²) in [5, 5.41) is 0. The number of para-hydroxylation sites is 1. The largest absolute Gasteiger partial charge is 0.342 e. The predicted octanol–water partition coefficient (Wildman–Crippen LogP) is 2.86. The number of carbonyl (C=O) groups excluding carboxylic acids is 2. The zero-order chi connectivity index (χ0) is 16.3. The summed E-state index contributed by atoms with van der Waals surface area (Å²) in [5.74, 6) is 0.550. The molecule has 0 saturated heterocycles. The number of anilines is 1. The van der Waals surface area contributed by atoms with Crippen LogP contribution in [0.3, 0.4) is 0 Å². The van der Waals surface area contributed by atoms with Gasteiger partial charge in [-0.25, -0.2) is 0 Å². The summed E-state index contributed by atoms with van der Waals surface area (Å²) >= 11 is 0. The molecule has 2 rings (SSSR count). The van der Waals surface area contributed by atoms with Crippen LogP contribution in [-0.4, -0.2) is 35.8 Å². The van der Waals surface area contributed by atoms with Crippen LogP contribution in [0.2, 0.25) is 0 Å².